The van der Waals surface area contributed by atoms with E-state index < -0.39 is 28.5 Å². The Morgan fingerprint density at radius 2 is 1.86 bits per heavy atom. The van der Waals surface area contributed by atoms with Crippen LogP contribution < -0.4 is 5.32 Å². The first-order chi connectivity index (χ1) is 10.5. The highest BCUT2D eigenvalue weighted by Gasteiger charge is 2.17. The molecular formula is C16H14ClF2NOS. The van der Waals surface area contributed by atoms with E-state index in [0.717, 1.165) is 17.7 Å². The fraction of sp³-hybridized carbons (Fsp3) is 0.188. The molecule has 0 fully saturated rings. The smallest absolute Gasteiger partial charge is 0.237 e. The summed E-state index contributed by atoms with van der Waals surface area (Å²) in [6.45, 7) is 1.68. The summed E-state index contributed by atoms with van der Waals surface area (Å²) in [4.78, 5) is 12.0. The third-order valence-corrected chi connectivity index (χ3v) is 4.42. The molecule has 0 aliphatic carbocycles. The first-order valence-corrected chi connectivity index (χ1v) is 8.01. The van der Waals surface area contributed by atoms with Crippen LogP contribution >= 0.6 is 23.4 Å². The predicted octanol–water partition coefficient (Wildman–Crippen LogP) is 4.88. The summed E-state index contributed by atoms with van der Waals surface area (Å²) in [6.07, 6.45) is 0. The summed E-state index contributed by atoms with van der Waals surface area (Å²) in [5, 5.41) is 2.46. The van der Waals surface area contributed by atoms with Crippen molar-refractivity contribution in [2.75, 3.05) is 5.32 Å². The van der Waals surface area contributed by atoms with Crippen molar-refractivity contribution in [1.29, 1.82) is 0 Å². The fourth-order valence-electron chi connectivity index (χ4n) is 1.77. The molecule has 0 spiro atoms. The van der Waals surface area contributed by atoms with E-state index in [9.17, 15) is 13.6 Å². The molecule has 2 aromatic carbocycles. The molecule has 0 aromatic heterocycles. The molecule has 116 valence electrons. The van der Waals surface area contributed by atoms with Gasteiger partial charge < -0.3 is 5.32 Å². The van der Waals surface area contributed by atoms with Gasteiger partial charge in [0.15, 0.2) is 0 Å². The van der Waals surface area contributed by atoms with Crippen LogP contribution in [0.1, 0.15) is 12.5 Å². The van der Waals surface area contributed by atoms with Gasteiger partial charge in [0.25, 0.3) is 0 Å². The lowest BCUT2D eigenvalue weighted by Gasteiger charge is -2.13. The number of anilines is 1. The average Bonchev–Trinajstić information content (AvgIpc) is 2.48. The van der Waals surface area contributed by atoms with E-state index in [4.69, 9.17) is 11.6 Å². The highest BCUT2D eigenvalue weighted by Crippen LogP contribution is 2.23. The molecular weight excluding hydrogens is 328 g/mol. The maximum Gasteiger partial charge on any atom is 0.237 e. The zero-order chi connectivity index (χ0) is 16.1. The van der Waals surface area contributed by atoms with E-state index in [0.29, 0.717) is 10.8 Å². The van der Waals surface area contributed by atoms with E-state index in [-0.39, 0.29) is 0 Å². The number of halogens is 3. The summed E-state index contributed by atoms with van der Waals surface area (Å²) in [7, 11) is 0. The van der Waals surface area contributed by atoms with E-state index in [2.05, 4.69) is 5.32 Å². The van der Waals surface area contributed by atoms with Crippen molar-refractivity contribution in [3.8, 4) is 0 Å². The minimum absolute atomic E-state index is 0.414. The Morgan fingerprint density at radius 3 is 2.50 bits per heavy atom. The van der Waals surface area contributed by atoms with Crippen LogP contribution in [0.15, 0.2) is 42.5 Å². The Labute approximate surface area is 136 Å². The Kier molecular flexibility index (Phi) is 5.80. The Hall–Kier alpha value is -1.59. The van der Waals surface area contributed by atoms with E-state index >= 15 is 0 Å². The van der Waals surface area contributed by atoms with Crippen molar-refractivity contribution in [3.63, 3.8) is 0 Å². The number of nitrogens with one attached hydrogen (secondary N) is 1. The molecule has 2 rings (SSSR count). The van der Waals surface area contributed by atoms with E-state index in [1.807, 2.05) is 18.2 Å². The molecule has 1 N–H and O–H groups in total. The molecule has 0 bridgehead atoms. The van der Waals surface area contributed by atoms with Crippen LogP contribution in [0.2, 0.25) is 5.02 Å². The minimum Gasteiger partial charge on any atom is -0.320 e. The lowest BCUT2D eigenvalue weighted by atomic mass is 10.2. The normalized spacial score (nSPS) is 12.0. The zero-order valence-electron chi connectivity index (χ0n) is 11.8. The Morgan fingerprint density at radius 1 is 1.23 bits per heavy atom. The number of hydrogen-bond acceptors (Lipinski definition) is 2. The minimum atomic E-state index is -0.791. The summed E-state index contributed by atoms with van der Waals surface area (Å²) >= 11 is 7.25. The van der Waals surface area contributed by atoms with Crippen LogP contribution in [0.4, 0.5) is 14.5 Å². The number of amides is 1. The van der Waals surface area contributed by atoms with Crippen molar-refractivity contribution < 1.29 is 13.6 Å². The van der Waals surface area contributed by atoms with Crippen LogP contribution in [-0.4, -0.2) is 11.2 Å². The second-order valence-corrected chi connectivity index (χ2v) is 6.43. The lowest BCUT2D eigenvalue weighted by Crippen LogP contribution is -2.23. The third-order valence-electron chi connectivity index (χ3n) is 2.97. The quantitative estimate of drug-likeness (QED) is 0.839. The predicted molar refractivity (Wildman–Crippen MR) is 87.2 cm³/mol. The van der Waals surface area contributed by atoms with Crippen LogP contribution in [0.3, 0.4) is 0 Å². The number of thioether (sulfide) groups is 1. The van der Waals surface area contributed by atoms with Crippen molar-refractivity contribution in [1.82, 2.24) is 0 Å². The second-order valence-electron chi connectivity index (χ2n) is 4.67. The molecule has 0 heterocycles. The van der Waals surface area contributed by atoms with Gasteiger partial charge in [-0.15, -0.1) is 11.8 Å². The van der Waals surface area contributed by atoms with Crippen LogP contribution in [0.5, 0.6) is 0 Å². The molecule has 2 nitrogen and oxygen atoms in total. The molecule has 0 aliphatic rings. The van der Waals surface area contributed by atoms with Crippen LogP contribution in [0.25, 0.3) is 0 Å². The van der Waals surface area contributed by atoms with Crippen molar-refractivity contribution in [3.05, 3.63) is 64.7 Å². The Balaban J connectivity index is 1.95. The topological polar surface area (TPSA) is 29.1 Å². The number of carbonyl (C=O) groups excluding carboxylic acids is 1. The second kappa shape index (κ2) is 7.61. The highest BCUT2D eigenvalue weighted by atomic mass is 35.5. The van der Waals surface area contributed by atoms with Gasteiger partial charge in [-0.1, -0.05) is 29.8 Å². The van der Waals surface area contributed by atoms with Gasteiger partial charge in [0, 0.05) is 10.8 Å². The SMILES string of the molecule is CC(SCc1cccc(Cl)c1)C(=O)Nc1c(F)cccc1F. The van der Waals surface area contributed by atoms with Crippen molar-refractivity contribution in [2.24, 2.45) is 0 Å². The zero-order valence-corrected chi connectivity index (χ0v) is 13.3. The standard InChI is InChI=1S/C16H14ClF2NOS/c1-10(22-9-11-4-2-5-12(17)8-11)16(21)20-15-13(18)6-3-7-14(15)19/h2-8,10H,9H2,1H3,(H,20,21). The number of carbonyl (C=O) groups is 1. The largest absolute Gasteiger partial charge is 0.320 e. The van der Waals surface area contributed by atoms with Crippen molar-refractivity contribution >= 4 is 35.0 Å². The summed E-state index contributed by atoms with van der Waals surface area (Å²) in [5.41, 5.74) is 0.567. The fourth-order valence-corrected chi connectivity index (χ4v) is 2.81. The molecule has 1 amide bonds. The number of benzene rings is 2. The van der Waals surface area contributed by atoms with Gasteiger partial charge in [-0.2, -0.15) is 0 Å². The molecule has 22 heavy (non-hydrogen) atoms. The van der Waals surface area contributed by atoms with Crippen LogP contribution in [0, 0.1) is 11.6 Å². The van der Waals surface area contributed by atoms with Gasteiger partial charge in [-0.25, -0.2) is 8.78 Å². The third kappa shape index (κ3) is 4.45. The Bertz CT molecular complexity index is 661. The van der Waals surface area contributed by atoms with Gasteiger partial charge in [0.2, 0.25) is 5.91 Å². The van der Waals surface area contributed by atoms with Crippen LogP contribution in [-0.2, 0) is 10.5 Å². The van der Waals surface area contributed by atoms with E-state index in [1.165, 1.54) is 17.8 Å². The van der Waals surface area contributed by atoms with Gasteiger partial charge in [0.1, 0.15) is 17.3 Å². The molecule has 0 aliphatic heterocycles. The highest BCUT2D eigenvalue weighted by molar-refractivity contribution is 7.99. The van der Waals surface area contributed by atoms with Gasteiger partial charge in [0.05, 0.1) is 5.25 Å². The first kappa shape index (κ1) is 16.8. The summed E-state index contributed by atoms with van der Waals surface area (Å²) < 4.78 is 27.0. The molecule has 1 atom stereocenters. The maximum atomic E-state index is 13.5. The molecule has 0 radical (unpaired) electrons. The van der Waals surface area contributed by atoms with Crippen molar-refractivity contribution in [2.45, 2.75) is 17.9 Å². The lowest BCUT2D eigenvalue weighted by molar-refractivity contribution is -0.115. The van der Waals surface area contributed by atoms with E-state index in [1.54, 1.807) is 13.0 Å². The van der Waals surface area contributed by atoms with Gasteiger partial charge >= 0.3 is 0 Å². The monoisotopic (exact) mass is 341 g/mol. The first-order valence-electron chi connectivity index (χ1n) is 6.58. The molecule has 0 saturated carbocycles. The molecule has 6 heteroatoms. The number of hydrogen-bond donors (Lipinski definition) is 1. The van der Waals surface area contributed by atoms with Gasteiger partial charge in [-0.05, 0) is 36.8 Å². The number of para-hydroxylation sites is 1. The number of rotatable bonds is 5. The average molecular weight is 342 g/mol. The van der Waals surface area contributed by atoms with Gasteiger partial charge in [-0.3, -0.25) is 4.79 Å². The summed E-state index contributed by atoms with van der Waals surface area (Å²) in [6, 6.07) is 10.8. The molecule has 2 aromatic rings. The summed E-state index contributed by atoms with van der Waals surface area (Å²) in [5.74, 6) is -1.45. The maximum absolute atomic E-state index is 13.5. The molecule has 1 unspecified atom stereocenters. The molecule has 0 saturated heterocycles.